The first-order valence-electron chi connectivity index (χ1n) is 14.7. The number of thiazole rings is 1. The van der Waals surface area contributed by atoms with Crippen molar-refractivity contribution in [3.8, 4) is 17.1 Å². The first-order chi connectivity index (χ1) is 21.3. The third-order valence-electron chi connectivity index (χ3n) is 9.19. The van der Waals surface area contributed by atoms with E-state index in [0.29, 0.717) is 38.9 Å². The summed E-state index contributed by atoms with van der Waals surface area (Å²) >= 11 is 0.748. The Morgan fingerprint density at radius 3 is 2.56 bits per heavy atom. The van der Waals surface area contributed by atoms with Crippen molar-refractivity contribution >= 4 is 43.4 Å². The van der Waals surface area contributed by atoms with Gasteiger partial charge in [-0.3, -0.25) is 4.90 Å². The van der Waals surface area contributed by atoms with Crippen LogP contribution in [0.1, 0.15) is 37.7 Å². The van der Waals surface area contributed by atoms with E-state index in [1.165, 1.54) is 0 Å². The Bertz CT molecular complexity index is 1790. The van der Waals surface area contributed by atoms with Crippen molar-refractivity contribution in [1.29, 1.82) is 0 Å². The van der Waals surface area contributed by atoms with Crippen LogP contribution in [0, 0.1) is 17.0 Å². The summed E-state index contributed by atoms with van der Waals surface area (Å²) in [6.45, 7) is 1.79. The van der Waals surface area contributed by atoms with Crippen LogP contribution in [0.4, 0.5) is 37.3 Å². The van der Waals surface area contributed by atoms with Crippen LogP contribution in [0.3, 0.4) is 0 Å². The van der Waals surface area contributed by atoms with Crippen LogP contribution in [-0.4, -0.2) is 76.6 Å². The molecule has 3 N–H and O–H groups in total. The maximum Gasteiger partial charge on any atom is 0.417 e. The van der Waals surface area contributed by atoms with E-state index in [4.69, 9.17) is 10.5 Å². The molecule has 0 radical (unpaired) electrons. The van der Waals surface area contributed by atoms with Crippen LogP contribution in [0.2, 0.25) is 0 Å². The van der Waals surface area contributed by atoms with Gasteiger partial charge in [-0.1, -0.05) is 11.3 Å². The molecule has 0 bridgehead atoms. The molecule has 2 aliphatic carbocycles. The summed E-state index contributed by atoms with van der Waals surface area (Å²) < 4.78 is 94.9. The summed E-state index contributed by atoms with van der Waals surface area (Å²) in [4.78, 5) is 16.4. The number of hydrogen-bond acceptors (Lipinski definition) is 9. The van der Waals surface area contributed by atoms with Gasteiger partial charge in [-0.05, 0) is 50.3 Å². The number of halogens is 6. The number of ether oxygens (including phenoxy) is 1. The van der Waals surface area contributed by atoms with Crippen molar-refractivity contribution in [3.63, 3.8) is 0 Å². The van der Waals surface area contributed by atoms with Crippen LogP contribution >= 0.6 is 11.3 Å². The minimum atomic E-state index is -5.02. The predicted molar refractivity (Wildman–Crippen MR) is 158 cm³/mol. The molecule has 2 aromatic heterocycles. The number of nitrogen functional groups attached to an aromatic ring is 1. The number of aliphatic hydroxyl groups is 1. The standard InChI is InChI=1S/C30H30F6N6O2S/c1-41(15-8-16(43)9-15)26-18-10-19(30(34,35)36)21(17-2-3-20(32)25-24(17)38-27(37)45-25)22(33)23(18)39-28(40-26)44-13-29(5-6-29)12-42-7-4-14(31)11-42/h2-3,10,14-16,43H,4-9,11-13H2,1H3,(H2,37,38). The molecule has 3 aliphatic rings. The molecular formula is C30H30F6N6O2S. The minimum absolute atomic E-state index is 0.0228. The molecule has 3 heterocycles. The zero-order valence-corrected chi connectivity index (χ0v) is 25.0. The van der Waals surface area contributed by atoms with Gasteiger partial charge in [-0.2, -0.15) is 23.1 Å². The molecule has 1 unspecified atom stereocenters. The molecule has 1 atom stereocenters. The Morgan fingerprint density at radius 1 is 1.16 bits per heavy atom. The molecule has 240 valence electrons. The second kappa shape index (κ2) is 10.8. The number of likely N-dealkylation sites (tertiary alicyclic amines) is 1. The number of aromatic nitrogens is 3. The highest BCUT2D eigenvalue weighted by atomic mass is 32.1. The lowest BCUT2D eigenvalue weighted by Gasteiger charge is -2.39. The fourth-order valence-corrected chi connectivity index (χ4v) is 7.16. The second-order valence-electron chi connectivity index (χ2n) is 12.5. The van der Waals surface area contributed by atoms with Gasteiger partial charge in [-0.25, -0.2) is 18.2 Å². The van der Waals surface area contributed by atoms with E-state index < -0.39 is 46.7 Å². The summed E-state index contributed by atoms with van der Waals surface area (Å²) in [5, 5.41) is 9.63. The van der Waals surface area contributed by atoms with Crippen molar-refractivity contribution in [2.75, 3.05) is 43.9 Å². The van der Waals surface area contributed by atoms with E-state index >= 15 is 4.39 Å². The Morgan fingerprint density at radius 2 is 1.91 bits per heavy atom. The Balaban J connectivity index is 1.36. The highest BCUT2D eigenvalue weighted by Gasteiger charge is 2.46. The molecule has 1 saturated heterocycles. The molecule has 3 fully saturated rings. The van der Waals surface area contributed by atoms with Gasteiger partial charge in [0.2, 0.25) is 0 Å². The summed E-state index contributed by atoms with van der Waals surface area (Å²) in [7, 11) is 1.62. The number of benzene rings is 2. The van der Waals surface area contributed by atoms with Crippen molar-refractivity contribution in [3.05, 3.63) is 35.4 Å². The van der Waals surface area contributed by atoms with Crippen LogP contribution in [0.15, 0.2) is 18.2 Å². The van der Waals surface area contributed by atoms with E-state index in [2.05, 4.69) is 15.0 Å². The fourth-order valence-electron chi connectivity index (χ4n) is 6.40. The maximum atomic E-state index is 16.7. The van der Waals surface area contributed by atoms with E-state index in [-0.39, 0.29) is 56.2 Å². The van der Waals surface area contributed by atoms with Crippen molar-refractivity contribution in [2.24, 2.45) is 5.41 Å². The van der Waals surface area contributed by atoms with Gasteiger partial charge in [0.05, 0.1) is 28.5 Å². The van der Waals surface area contributed by atoms with E-state index in [1.807, 2.05) is 4.90 Å². The Kier molecular flexibility index (Phi) is 7.28. The van der Waals surface area contributed by atoms with E-state index in [9.17, 15) is 27.1 Å². The van der Waals surface area contributed by atoms with Gasteiger partial charge in [-0.15, -0.1) is 0 Å². The number of anilines is 2. The molecule has 2 aromatic carbocycles. The van der Waals surface area contributed by atoms with Crippen LogP contribution in [0.25, 0.3) is 32.2 Å². The molecule has 1 aliphatic heterocycles. The molecule has 45 heavy (non-hydrogen) atoms. The smallest absolute Gasteiger partial charge is 0.417 e. The monoisotopic (exact) mass is 652 g/mol. The average Bonchev–Trinajstić information content (AvgIpc) is 3.41. The van der Waals surface area contributed by atoms with Crippen LogP contribution in [0.5, 0.6) is 6.01 Å². The first-order valence-corrected chi connectivity index (χ1v) is 15.5. The second-order valence-corrected chi connectivity index (χ2v) is 13.5. The number of aliphatic hydroxyl groups excluding tert-OH is 1. The molecule has 0 spiro atoms. The minimum Gasteiger partial charge on any atom is -0.463 e. The number of rotatable bonds is 8. The number of fused-ring (bicyclic) bond motifs is 2. The van der Waals surface area contributed by atoms with Crippen molar-refractivity contribution in [1.82, 2.24) is 19.9 Å². The summed E-state index contributed by atoms with van der Waals surface area (Å²) in [5.74, 6) is -2.01. The Labute approximate surface area is 257 Å². The number of hydrogen-bond donors (Lipinski definition) is 2. The lowest BCUT2D eigenvalue weighted by Crippen LogP contribution is -2.45. The van der Waals surface area contributed by atoms with Gasteiger partial charge >= 0.3 is 12.2 Å². The first kappa shape index (κ1) is 30.2. The molecule has 2 saturated carbocycles. The number of nitrogens with two attached hydrogens (primary N) is 1. The number of nitrogens with zero attached hydrogens (tertiary/aromatic N) is 5. The van der Waals surface area contributed by atoms with E-state index in [0.717, 1.165) is 42.4 Å². The van der Waals surface area contributed by atoms with Gasteiger partial charge in [0.1, 0.15) is 23.3 Å². The zero-order valence-electron chi connectivity index (χ0n) is 24.2. The van der Waals surface area contributed by atoms with E-state index in [1.54, 1.807) is 11.9 Å². The number of alkyl halides is 4. The highest BCUT2D eigenvalue weighted by molar-refractivity contribution is 7.22. The third kappa shape index (κ3) is 5.52. The summed E-state index contributed by atoms with van der Waals surface area (Å²) in [5.41, 5.74) is 2.49. The SMILES string of the molecule is CN(c1nc(OCC2(CN3CCC(F)C3)CC2)nc2c(F)c(-c3ccc(F)c4sc(N)nc34)c(C(F)(F)F)cc12)C1CC(O)C1. The fraction of sp³-hybridized carbons (Fsp3) is 0.500. The predicted octanol–water partition coefficient (Wildman–Crippen LogP) is 5.95. The van der Waals surface area contributed by atoms with Crippen molar-refractivity contribution in [2.45, 2.75) is 56.6 Å². The third-order valence-corrected chi connectivity index (χ3v) is 10.1. The zero-order chi connectivity index (χ0) is 31.8. The lowest BCUT2D eigenvalue weighted by atomic mass is 9.88. The average molecular weight is 653 g/mol. The molecular weight excluding hydrogens is 622 g/mol. The normalized spacial score (nSPS) is 23.1. The lowest BCUT2D eigenvalue weighted by molar-refractivity contribution is -0.137. The molecule has 4 aromatic rings. The van der Waals surface area contributed by atoms with Gasteiger partial charge in [0, 0.05) is 54.7 Å². The van der Waals surface area contributed by atoms with Gasteiger partial charge in [0.15, 0.2) is 10.9 Å². The summed E-state index contributed by atoms with van der Waals surface area (Å²) in [6.07, 6.45) is -3.57. The largest absolute Gasteiger partial charge is 0.463 e. The summed E-state index contributed by atoms with van der Waals surface area (Å²) in [6, 6.07) is 2.33. The molecule has 8 nitrogen and oxygen atoms in total. The quantitative estimate of drug-likeness (QED) is 0.226. The maximum absolute atomic E-state index is 16.7. The molecule has 0 amide bonds. The van der Waals surface area contributed by atoms with Crippen LogP contribution < -0.4 is 15.4 Å². The van der Waals surface area contributed by atoms with Gasteiger partial charge in [0.25, 0.3) is 0 Å². The van der Waals surface area contributed by atoms with Crippen molar-refractivity contribution < 1.29 is 36.2 Å². The van der Waals surface area contributed by atoms with Crippen LogP contribution in [-0.2, 0) is 6.18 Å². The molecule has 7 rings (SSSR count). The van der Waals surface area contributed by atoms with Gasteiger partial charge < -0.3 is 20.5 Å². The molecule has 15 heteroatoms. The Hall–Kier alpha value is -3.43. The highest BCUT2D eigenvalue weighted by Crippen LogP contribution is 2.48. The topological polar surface area (TPSA) is 101 Å².